The summed E-state index contributed by atoms with van der Waals surface area (Å²) in [5, 5.41) is 21.9. The van der Waals surface area contributed by atoms with Crippen LogP contribution in [0, 0.1) is 23.7 Å². The summed E-state index contributed by atoms with van der Waals surface area (Å²) in [5.41, 5.74) is 0. The van der Waals surface area contributed by atoms with Gasteiger partial charge in [0.15, 0.2) is 0 Å². The van der Waals surface area contributed by atoms with Crippen LogP contribution in [0.4, 0.5) is 0 Å². The van der Waals surface area contributed by atoms with Gasteiger partial charge in [0.05, 0.1) is 17.9 Å². The van der Waals surface area contributed by atoms with Gasteiger partial charge in [-0.2, -0.15) is 0 Å². The van der Waals surface area contributed by atoms with Gasteiger partial charge < -0.3 is 15.5 Å². The van der Waals surface area contributed by atoms with Crippen LogP contribution in [0.1, 0.15) is 51.9 Å². The van der Waals surface area contributed by atoms with E-state index < -0.39 is 11.9 Å². The summed E-state index contributed by atoms with van der Waals surface area (Å²) in [6, 6.07) is 0. The van der Waals surface area contributed by atoms with Gasteiger partial charge >= 0.3 is 5.97 Å². The molecule has 0 aromatic heterocycles. The first kappa shape index (κ1) is 16.3. The maximum Gasteiger partial charge on any atom is 0.307 e. The predicted molar refractivity (Wildman–Crippen MR) is 78.6 cm³/mol. The normalized spacial score (nSPS) is 36.4. The van der Waals surface area contributed by atoms with Crippen LogP contribution in [0.5, 0.6) is 0 Å². The number of carbonyl (C=O) groups is 2. The van der Waals surface area contributed by atoms with E-state index in [4.69, 9.17) is 0 Å². The topological polar surface area (TPSA) is 86.6 Å². The van der Waals surface area contributed by atoms with Gasteiger partial charge in [-0.05, 0) is 43.9 Å². The van der Waals surface area contributed by atoms with Crippen LogP contribution in [0.15, 0.2) is 0 Å². The summed E-state index contributed by atoms with van der Waals surface area (Å²) in [4.78, 5) is 23.6. The smallest absolute Gasteiger partial charge is 0.307 e. The lowest BCUT2D eigenvalue weighted by molar-refractivity contribution is -0.146. The first-order valence-corrected chi connectivity index (χ1v) is 8.19. The SMILES string of the molecule is CCC1CC(C(=O)O)C(C(=O)NCC2CCCC(O)C2)C1. The zero-order valence-electron chi connectivity index (χ0n) is 12.8. The Morgan fingerprint density at radius 3 is 2.43 bits per heavy atom. The average molecular weight is 297 g/mol. The van der Waals surface area contributed by atoms with Crippen molar-refractivity contribution in [1.29, 1.82) is 0 Å². The number of carbonyl (C=O) groups excluding carboxylic acids is 1. The van der Waals surface area contributed by atoms with E-state index >= 15 is 0 Å². The molecule has 0 radical (unpaired) electrons. The highest BCUT2D eigenvalue weighted by atomic mass is 16.4. The van der Waals surface area contributed by atoms with Crippen molar-refractivity contribution in [1.82, 2.24) is 5.32 Å². The molecule has 2 rings (SSSR count). The third kappa shape index (κ3) is 4.19. The minimum atomic E-state index is -0.848. The minimum Gasteiger partial charge on any atom is -0.481 e. The van der Waals surface area contributed by atoms with E-state index in [9.17, 15) is 19.8 Å². The first-order valence-electron chi connectivity index (χ1n) is 8.19. The Labute approximate surface area is 126 Å². The number of carboxylic acids is 1. The van der Waals surface area contributed by atoms with Crippen LogP contribution in [0.3, 0.4) is 0 Å². The van der Waals surface area contributed by atoms with Gasteiger partial charge in [-0.15, -0.1) is 0 Å². The first-order chi connectivity index (χ1) is 10.0. The van der Waals surface area contributed by atoms with Crippen molar-refractivity contribution in [2.24, 2.45) is 23.7 Å². The summed E-state index contributed by atoms with van der Waals surface area (Å²) in [7, 11) is 0. The fraction of sp³-hybridized carbons (Fsp3) is 0.875. The molecule has 0 spiro atoms. The number of nitrogens with one attached hydrogen (secondary N) is 1. The van der Waals surface area contributed by atoms with Gasteiger partial charge in [-0.1, -0.05) is 19.8 Å². The molecule has 0 bridgehead atoms. The third-order valence-corrected chi connectivity index (χ3v) is 5.21. The second-order valence-electron chi connectivity index (χ2n) is 6.73. The Bertz CT molecular complexity index is 384. The molecule has 2 fully saturated rings. The van der Waals surface area contributed by atoms with Gasteiger partial charge in [0.1, 0.15) is 0 Å². The number of aliphatic hydroxyl groups is 1. The molecule has 5 nitrogen and oxygen atoms in total. The minimum absolute atomic E-state index is 0.113. The van der Waals surface area contributed by atoms with E-state index in [-0.39, 0.29) is 17.9 Å². The van der Waals surface area contributed by atoms with Crippen LogP contribution in [0.25, 0.3) is 0 Å². The van der Waals surface area contributed by atoms with Crippen molar-refractivity contribution in [3.8, 4) is 0 Å². The number of carboxylic acid groups (broad SMARTS) is 1. The summed E-state index contributed by atoms with van der Waals surface area (Å²) >= 11 is 0. The highest BCUT2D eigenvalue weighted by molar-refractivity contribution is 5.85. The third-order valence-electron chi connectivity index (χ3n) is 5.21. The molecular weight excluding hydrogens is 270 g/mol. The van der Waals surface area contributed by atoms with Crippen LogP contribution < -0.4 is 5.32 Å². The Hall–Kier alpha value is -1.10. The number of hydrogen-bond donors (Lipinski definition) is 3. The summed E-state index contributed by atoms with van der Waals surface area (Å²) in [5.74, 6) is -1.21. The molecule has 120 valence electrons. The van der Waals surface area contributed by atoms with E-state index in [0.29, 0.717) is 31.2 Å². The number of hydrogen-bond acceptors (Lipinski definition) is 3. The Morgan fingerprint density at radius 2 is 1.81 bits per heavy atom. The van der Waals surface area contributed by atoms with Crippen LogP contribution in [0.2, 0.25) is 0 Å². The molecule has 3 N–H and O–H groups in total. The fourth-order valence-corrected chi connectivity index (χ4v) is 3.86. The molecule has 5 unspecified atom stereocenters. The van der Waals surface area contributed by atoms with Crippen molar-refractivity contribution in [2.45, 2.75) is 58.0 Å². The maximum absolute atomic E-state index is 12.3. The summed E-state index contributed by atoms with van der Waals surface area (Å²) in [6.45, 7) is 2.61. The van der Waals surface area contributed by atoms with E-state index in [2.05, 4.69) is 5.32 Å². The van der Waals surface area contributed by atoms with Crippen molar-refractivity contribution >= 4 is 11.9 Å². The van der Waals surface area contributed by atoms with Gasteiger partial charge in [0.25, 0.3) is 0 Å². The largest absolute Gasteiger partial charge is 0.481 e. The highest BCUT2D eigenvalue weighted by Crippen LogP contribution is 2.38. The van der Waals surface area contributed by atoms with Gasteiger partial charge in [-0.25, -0.2) is 0 Å². The molecule has 0 saturated heterocycles. The van der Waals surface area contributed by atoms with Crippen molar-refractivity contribution in [2.75, 3.05) is 6.54 Å². The molecule has 5 atom stereocenters. The number of aliphatic hydroxyl groups excluding tert-OH is 1. The lowest BCUT2D eigenvalue weighted by atomic mass is 9.87. The molecular formula is C16H27NO4. The number of aliphatic carboxylic acids is 1. The maximum atomic E-state index is 12.3. The number of amides is 1. The Kier molecular flexibility index (Phi) is 5.62. The molecule has 0 heterocycles. The zero-order valence-corrected chi connectivity index (χ0v) is 12.8. The molecule has 1 amide bonds. The lowest BCUT2D eigenvalue weighted by Crippen LogP contribution is -2.39. The van der Waals surface area contributed by atoms with E-state index in [0.717, 1.165) is 32.1 Å². The van der Waals surface area contributed by atoms with Crippen molar-refractivity contribution < 1.29 is 19.8 Å². The summed E-state index contributed by atoms with van der Waals surface area (Å²) in [6.07, 6.45) is 5.62. The van der Waals surface area contributed by atoms with Gasteiger partial charge in [0.2, 0.25) is 5.91 Å². The molecule has 21 heavy (non-hydrogen) atoms. The zero-order chi connectivity index (χ0) is 15.4. The predicted octanol–water partition coefficient (Wildman–Crippen LogP) is 1.79. The molecule has 2 saturated carbocycles. The van der Waals surface area contributed by atoms with Gasteiger partial charge in [-0.3, -0.25) is 9.59 Å². The van der Waals surface area contributed by atoms with Gasteiger partial charge in [0, 0.05) is 6.54 Å². The Morgan fingerprint density at radius 1 is 1.10 bits per heavy atom. The average Bonchev–Trinajstić information content (AvgIpc) is 2.89. The van der Waals surface area contributed by atoms with Crippen LogP contribution in [-0.4, -0.2) is 34.7 Å². The molecule has 2 aliphatic rings. The van der Waals surface area contributed by atoms with E-state index in [1.165, 1.54) is 0 Å². The second-order valence-corrected chi connectivity index (χ2v) is 6.73. The van der Waals surface area contributed by atoms with E-state index in [1.807, 2.05) is 6.92 Å². The van der Waals surface area contributed by atoms with Crippen molar-refractivity contribution in [3.05, 3.63) is 0 Å². The van der Waals surface area contributed by atoms with Crippen LogP contribution in [-0.2, 0) is 9.59 Å². The molecule has 0 aromatic carbocycles. The lowest BCUT2D eigenvalue weighted by Gasteiger charge is -2.26. The molecule has 0 aliphatic heterocycles. The fourth-order valence-electron chi connectivity index (χ4n) is 3.86. The standard InChI is InChI=1S/C16H27NO4/c1-2-10-7-13(14(8-10)16(20)21)15(19)17-9-11-4-3-5-12(18)6-11/h10-14,18H,2-9H2,1H3,(H,17,19)(H,20,21). The molecule has 0 aromatic rings. The quantitative estimate of drug-likeness (QED) is 0.722. The summed E-state index contributed by atoms with van der Waals surface area (Å²) < 4.78 is 0. The number of rotatable bonds is 5. The molecule has 5 heteroatoms. The molecule has 2 aliphatic carbocycles. The second kappa shape index (κ2) is 7.25. The van der Waals surface area contributed by atoms with Crippen LogP contribution >= 0.6 is 0 Å². The van der Waals surface area contributed by atoms with E-state index in [1.54, 1.807) is 0 Å². The Balaban J connectivity index is 1.85. The monoisotopic (exact) mass is 297 g/mol. The van der Waals surface area contributed by atoms with Crippen molar-refractivity contribution in [3.63, 3.8) is 0 Å². The highest BCUT2D eigenvalue weighted by Gasteiger charge is 2.42.